The molecule has 2 nitrogen and oxygen atoms in total. The van der Waals surface area contributed by atoms with Crippen molar-refractivity contribution in [2.24, 2.45) is 0 Å². The summed E-state index contributed by atoms with van der Waals surface area (Å²) >= 11 is 2.14. The molecule has 2 saturated heterocycles. The minimum atomic E-state index is 0.498. The third-order valence-electron chi connectivity index (χ3n) is 3.57. The van der Waals surface area contributed by atoms with Gasteiger partial charge in [0.15, 0.2) is 0 Å². The van der Waals surface area contributed by atoms with Crippen LogP contribution in [0.15, 0.2) is 0 Å². The van der Waals surface area contributed by atoms with Crippen LogP contribution in [0.2, 0.25) is 0 Å². The minimum Gasteiger partial charge on any atom is -0.313 e. The van der Waals surface area contributed by atoms with E-state index in [1.54, 1.807) is 0 Å². The monoisotopic (exact) mass is 228 g/mol. The lowest BCUT2D eigenvalue weighted by Crippen LogP contribution is -2.38. The lowest BCUT2D eigenvalue weighted by molar-refractivity contribution is 0.258. The summed E-state index contributed by atoms with van der Waals surface area (Å²) in [6, 6.07) is 0.774. The first kappa shape index (κ1) is 11.7. The molecule has 0 bridgehead atoms. The van der Waals surface area contributed by atoms with Crippen LogP contribution >= 0.6 is 11.8 Å². The molecule has 2 heterocycles. The van der Waals surface area contributed by atoms with E-state index in [4.69, 9.17) is 0 Å². The predicted octanol–water partition coefficient (Wildman–Crippen LogP) is 1.96. The molecule has 3 heteroatoms. The Kier molecular flexibility index (Phi) is 3.97. The molecule has 1 N–H and O–H groups in total. The van der Waals surface area contributed by atoms with E-state index in [1.165, 1.54) is 51.2 Å². The van der Waals surface area contributed by atoms with E-state index >= 15 is 0 Å². The molecule has 2 aliphatic rings. The van der Waals surface area contributed by atoms with Crippen LogP contribution in [0, 0.1) is 0 Å². The Morgan fingerprint density at radius 1 is 1.40 bits per heavy atom. The molecule has 15 heavy (non-hydrogen) atoms. The van der Waals surface area contributed by atoms with Gasteiger partial charge in [0, 0.05) is 29.6 Å². The van der Waals surface area contributed by atoms with Gasteiger partial charge < -0.3 is 10.2 Å². The number of rotatable bonds is 2. The van der Waals surface area contributed by atoms with Gasteiger partial charge >= 0.3 is 0 Å². The number of nitrogens with one attached hydrogen (secondary N) is 1. The summed E-state index contributed by atoms with van der Waals surface area (Å²) in [5.74, 6) is 1.31. The van der Waals surface area contributed by atoms with Gasteiger partial charge in [-0.2, -0.15) is 11.8 Å². The largest absolute Gasteiger partial charge is 0.313 e. The van der Waals surface area contributed by atoms with Crippen molar-refractivity contribution < 1.29 is 0 Å². The van der Waals surface area contributed by atoms with E-state index in [0.717, 1.165) is 6.04 Å². The Balaban J connectivity index is 1.78. The third-order valence-corrected chi connectivity index (χ3v) is 4.94. The fourth-order valence-electron chi connectivity index (χ4n) is 2.47. The van der Waals surface area contributed by atoms with Crippen LogP contribution in [0.4, 0.5) is 0 Å². The number of nitrogens with zero attached hydrogens (tertiary/aromatic N) is 1. The molecular weight excluding hydrogens is 204 g/mol. The topological polar surface area (TPSA) is 15.3 Å². The molecule has 0 aromatic heterocycles. The molecule has 0 unspecified atom stereocenters. The highest BCUT2D eigenvalue weighted by Crippen LogP contribution is 2.30. The van der Waals surface area contributed by atoms with Gasteiger partial charge in [0.05, 0.1) is 0 Å². The van der Waals surface area contributed by atoms with Crippen molar-refractivity contribution in [3.63, 3.8) is 0 Å². The van der Waals surface area contributed by atoms with E-state index in [0.29, 0.717) is 4.75 Å². The average Bonchev–Trinajstić information content (AvgIpc) is 2.60. The zero-order valence-electron chi connectivity index (χ0n) is 10.1. The van der Waals surface area contributed by atoms with Crippen molar-refractivity contribution in [1.82, 2.24) is 10.2 Å². The second kappa shape index (κ2) is 5.07. The van der Waals surface area contributed by atoms with Gasteiger partial charge in [-0.15, -0.1) is 0 Å². The summed E-state index contributed by atoms with van der Waals surface area (Å²) in [6.45, 7) is 9.85. The Hall–Kier alpha value is 0.270. The van der Waals surface area contributed by atoms with Gasteiger partial charge in [-0.05, 0) is 32.4 Å². The Morgan fingerprint density at radius 3 is 3.00 bits per heavy atom. The second-order valence-electron chi connectivity index (χ2n) is 5.45. The first-order valence-corrected chi connectivity index (χ1v) is 7.24. The van der Waals surface area contributed by atoms with Gasteiger partial charge in [-0.1, -0.05) is 13.8 Å². The molecule has 88 valence electrons. The van der Waals surface area contributed by atoms with Crippen LogP contribution in [-0.4, -0.2) is 47.6 Å². The third kappa shape index (κ3) is 3.65. The van der Waals surface area contributed by atoms with E-state index < -0.39 is 0 Å². The molecule has 2 fully saturated rings. The molecule has 0 aliphatic carbocycles. The molecule has 0 saturated carbocycles. The maximum Gasteiger partial charge on any atom is 0.0195 e. The molecule has 0 amide bonds. The van der Waals surface area contributed by atoms with Crippen LogP contribution in [0.25, 0.3) is 0 Å². The van der Waals surface area contributed by atoms with Crippen LogP contribution in [0.3, 0.4) is 0 Å². The number of thioether (sulfide) groups is 1. The smallest absolute Gasteiger partial charge is 0.0195 e. The summed E-state index contributed by atoms with van der Waals surface area (Å²) in [4.78, 5) is 2.66. The molecule has 2 aliphatic heterocycles. The standard InChI is InChI=1S/C12H24N2S/c1-12(2)5-7-14(8-9-15-12)10-11-4-3-6-13-11/h11,13H,3-10H2,1-2H3/t11-/m1/s1. The maximum atomic E-state index is 3.60. The molecule has 0 aromatic carbocycles. The number of hydrogen-bond acceptors (Lipinski definition) is 3. The van der Waals surface area contributed by atoms with Crippen molar-refractivity contribution in [1.29, 1.82) is 0 Å². The molecule has 0 radical (unpaired) electrons. The Bertz CT molecular complexity index is 200. The molecule has 2 rings (SSSR count). The van der Waals surface area contributed by atoms with E-state index in [1.807, 2.05) is 0 Å². The predicted molar refractivity (Wildman–Crippen MR) is 68.6 cm³/mol. The molecule has 0 aromatic rings. The van der Waals surface area contributed by atoms with Gasteiger partial charge in [-0.25, -0.2) is 0 Å². The molecule has 0 spiro atoms. The fraction of sp³-hybridized carbons (Fsp3) is 1.00. The van der Waals surface area contributed by atoms with E-state index in [9.17, 15) is 0 Å². The summed E-state index contributed by atoms with van der Waals surface area (Å²) in [6.07, 6.45) is 4.09. The minimum absolute atomic E-state index is 0.498. The second-order valence-corrected chi connectivity index (χ2v) is 7.25. The quantitative estimate of drug-likeness (QED) is 0.778. The van der Waals surface area contributed by atoms with Crippen LogP contribution in [-0.2, 0) is 0 Å². The van der Waals surface area contributed by atoms with E-state index in [2.05, 4.69) is 35.8 Å². The Labute approximate surface area is 98.2 Å². The highest BCUT2D eigenvalue weighted by atomic mass is 32.2. The lowest BCUT2D eigenvalue weighted by Gasteiger charge is -2.24. The average molecular weight is 228 g/mol. The molecular formula is C12H24N2S. The fourth-order valence-corrected chi connectivity index (χ4v) is 3.61. The van der Waals surface area contributed by atoms with Crippen LogP contribution < -0.4 is 5.32 Å². The van der Waals surface area contributed by atoms with Crippen molar-refractivity contribution in [2.45, 2.75) is 43.9 Å². The van der Waals surface area contributed by atoms with Crippen LogP contribution in [0.5, 0.6) is 0 Å². The maximum absolute atomic E-state index is 3.60. The van der Waals surface area contributed by atoms with Crippen molar-refractivity contribution in [3.8, 4) is 0 Å². The number of hydrogen-bond donors (Lipinski definition) is 1. The van der Waals surface area contributed by atoms with Gasteiger partial charge in [-0.3, -0.25) is 0 Å². The highest BCUT2D eigenvalue weighted by Gasteiger charge is 2.25. The summed E-state index contributed by atoms with van der Waals surface area (Å²) in [5.41, 5.74) is 0. The van der Waals surface area contributed by atoms with Gasteiger partial charge in [0.25, 0.3) is 0 Å². The summed E-state index contributed by atoms with van der Waals surface area (Å²) in [7, 11) is 0. The summed E-state index contributed by atoms with van der Waals surface area (Å²) in [5, 5.41) is 3.60. The van der Waals surface area contributed by atoms with Crippen molar-refractivity contribution >= 4 is 11.8 Å². The lowest BCUT2D eigenvalue weighted by atomic mass is 10.1. The SMILES string of the molecule is CC1(C)CCN(C[C@H]2CCCN2)CCS1. The van der Waals surface area contributed by atoms with Gasteiger partial charge in [0.1, 0.15) is 0 Å². The zero-order chi connectivity index (χ0) is 10.7. The molecule has 1 atom stereocenters. The van der Waals surface area contributed by atoms with E-state index in [-0.39, 0.29) is 0 Å². The zero-order valence-corrected chi connectivity index (χ0v) is 10.9. The van der Waals surface area contributed by atoms with Crippen molar-refractivity contribution in [3.05, 3.63) is 0 Å². The van der Waals surface area contributed by atoms with Gasteiger partial charge in [0.2, 0.25) is 0 Å². The summed E-state index contributed by atoms with van der Waals surface area (Å²) < 4.78 is 0.498. The van der Waals surface area contributed by atoms with Crippen molar-refractivity contribution in [2.75, 3.05) is 31.9 Å². The first-order valence-electron chi connectivity index (χ1n) is 6.25. The highest BCUT2D eigenvalue weighted by molar-refractivity contribution is 8.00. The normalized spacial score (nSPS) is 32.8. The Morgan fingerprint density at radius 2 is 2.27 bits per heavy atom. The van der Waals surface area contributed by atoms with Crippen LogP contribution in [0.1, 0.15) is 33.1 Å². The first-order chi connectivity index (χ1) is 7.16.